The number of carbonyl (C=O) groups is 3. The van der Waals surface area contributed by atoms with E-state index >= 15 is 0 Å². The zero-order valence-corrected chi connectivity index (χ0v) is 22.2. The first-order valence-electron chi connectivity index (χ1n) is 13.1. The molecule has 0 aliphatic carbocycles. The van der Waals surface area contributed by atoms with Crippen molar-refractivity contribution in [2.75, 3.05) is 13.7 Å². The van der Waals surface area contributed by atoms with E-state index in [0.29, 0.717) is 30.7 Å². The van der Waals surface area contributed by atoms with E-state index in [-0.39, 0.29) is 24.8 Å². The highest BCUT2D eigenvalue weighted by molar-refractivity contribution is 5.92. The van der Waals surface area contributed by atoms with E-state index in [9.17, 15) is 24.8 Å². The molecule has 3 aromatic carbocycles. The van der Waals surface area contributed by atoms with Crippen LogP contribution in [0.4, 0.5) is 4.79 Å². The molecule has 1 heterocycles. The molecular weight excluding hydrogens is 508 g/mol. The second-order valence-corrected chi connectivity index (χ2v) is 9.74. The number of likely N-dealkylation sites (tertiary alicyclic amines) is 1. The van der Waals surface area contributed by atoms with Crippen molar-refractivity contribution in [3.63, 3.8) is 0 Å². The molecular formula is C31H32N4O5. The molecule has 0 bridgehead atoms. The fourth-order valence-corrected chi connectivity index (χ4v) is 5.10. The molecule has 1 aliphatic heterocycles. The first-order chi connectivity index (χ1) is 19.4. The summed E-state index contributed by atoms with van der Waals surface area (Å²) in [5, 5.41) is 24.0. The molecule has 0 aromatic heterocycles. The number of aryl methyl sites for hydroxylation is 1. The molecule has 3 atom stereocenters. The molecule has 0 spiro atoms. The van der Waals surface area contributed by atoms with Crippen LogP contribution in [0.25, 0.3) is 0 Å². The zero-order valence-electron chi connectivity index (χ0n) is 22.2. The van der Waals surface area contributed by atoms with Crippen LogP contribution in [0, 0.1) is 11.3 Å². The molecule has 40 heavy (non-hydrogen) atoms. The first-order valence-corrected chi connectivity index (χ1v) is 13.1. The highest BCUT2D eigenvalue weighted by atomic mass is 16.5. The lowest BCUT2D eigenvalue weighted by Crippen LogP contribution is -2.53. The zero-order chi connectivity index (χ0) is 28.5. The number of nitrogens with zero attached hydrogens (tertiary/aromatic N) is 2. The lowest BCUT2D eigenvalue weighted by atomic mass is 9.96. The molecule has 3 N–H and O–H groups in total. The van der Waals surface area contributed by atoms with Crippen LogP contribution in [-0.4, -0.2) is 53.7 Å². The number of hydrogen-bond donors (Lipinski definition) is 3. The van der Waals surface area contributed by atoms with Crippen LogP contribution < -0.4 is 15.4 Å². The van der Waals surface area contributed by atoms with Crippen LogP contribution in [0.2, 0.25) is 0 Å². The number of benzene rings is 3. The van der Waals surface area contributed by atoms with E-state index in [1.165, 1.54) is 12.0 Å². The largest absolute Gasteiger partial charge is 0.495 e. The number of methoxy groups -OCH3 is 1. The maximum Gasteiger partial charge on any atom is 0.405 e. The van der Waals surface area contributed by atoms with Gasteiger partial charge in [-0.2, -0.15) is 5.26 Å². The van der Waals surface area contributed by atoms with Crippen LogP contribution in [0.3, 0.4) is 0 Å². The Morgan fingerprint density at radius 3 is 2.40 bits per heavy atom. The van der Waals surface area contributed by atoms with Gasteiger partial charge in [0.15, 0.2) is 0 Å². The summed E-state index contributed by atoms with van der Waals surface area (Å²) in [6.07, 6.45) is -0.108. The smallest absolute Gasteiger partial charge is 0.405 e. The van der Waals surface area contributed by atoms with Crippen LogP contribution in [0.5, 0.6) is 5.75 Å². The average Bonchev–Trinajstić information content (AvgIpc) is 3.44. The second-order valence-electron chi connectivity index (χ2n) is 9.74. The van der Waals surface area contributed by atoms with Crippen LogP contribution in [0.15, 0.2) is 78.9 Å². The Balaban J connectivity index is 1.53. The minimum absolute atomic E-state index is 0.0736. The minimum atomic E-state index is -1.29. The lowest BCUT2D eigenvalue weighted by molar-refractivity contribution is -0.140. The molecule has 0 radical (unpaired) electrons. The maximum absolute atomic E-state index is 13.8. The fraction of sp³-hybridized carbons (Fsp3) is 0.290. The Morgan fingerprint density at radius 2 is 1.75 bits per heavy atom. The number of nitriles is 1. The molecule has 206 valence electrons. The highest BCUT2D eigenvalue weighted by Gasteiger charge is 2.42. The van der Waals surface area contributed by atoms with E-state index < -0.39 is 24.1 Å². The van der Waals surface area contributed by atoms with E-state index in [2.05, 4.69) is 16.7 Å². The van der Waals surface area contributed by atoms with Gasteiger partial charge in [-0.15, -0.1) is 0 Å². The first kappa shape index (κ1) is 28.2. The topological polar surface area (TPSA) is 132 Å². The highest BCUT2D eigenvalue weighted by Crippen LogP contribution is 2.33. The summed E-state index contributed by atoms with van der Waals surface area (Å²) in [5.74, 6) is -0.406. The number of rotatable bonds is 10. The Labute approximate surface area is 233 Å². The summed E-state index contributed by atoms with van der Waals surface area (Å²) in [4.78, 5) is 40.4. The normalized spacial score (nSPS) is 16.9. The predicted molar refractivity (Wildman–Crippen MR) is 149 cm³/mol. The van der Waals surface area contributed by atoms with Crippen molar-refractivity contribution in [2.24, 2.45) is 0 Å². The second kappa shape index (κ2) is 13.3. The minimum Gasteiger partial charge on any atom is -0.495 e. The van der Waals surface area contributed by atoms with Crippen LogP contribution >= 0.6 is 0 Å². The average molecular weight is 541 g/mol. The van der Waals surface area contributed by atoms with Gasteiger partial charge >= 0.3 is 6.09 Å². The Kier molecular flexibility index (Phi) is 9.36. The molecule has 0 saturated carbocycles. The maximum atomic E-state index is 13.8. The van der Waals surface area contributed by atoms with E-state index in [1.54, 1.807) is 18.2 Å². The van der Waals surface area contributed by atoms with Gasteiger partial charge in [-0.1, -0.05) is 66.7 Å². The van der Waals surface area contributed by atoms with Crippen molar-refractivity contribution < 1.29 is 24.2 Å². The van der Waals surface area contributed by atoms with Crippen molar-refractivity contribution in [1.29, 1.82) is 5.26 Å². The predicted octanol–water partition coefficient (Wildman–Crippen LogP) is 3.84. The van der Waals surface area contributed by atoms with Gasteiger partial charge in [0.05, 0.1) is 12.7 Å². The van der Waals surface area contributed by atoms with Gasteiger partial charge < -0.3 is 25.4 Å². The van der Waals surface area contributed by atoms with Crippen molar-refractivity contribution in [2.45, 2.75) is 43.8 Å². The van der Waals surface area contributed by atoms with Crippen LogP contribution in [-0.2, 0) is 22.6 Å². The van der Waals surface area contributed by atoms with Gasteiger partial charge in [0.25, 0.3) is 0 Å². The van der Waals surface area contributed by atoms with Crippen molar-refractivity contribution in [3.8, 4) is 11.8 Å². The quantitative estimate of drug-likeness (QED) is 0.358. The third-order valence-electron chi connectivity index (χ3n) is 7.17. The number of amides is 3. The van der Waals surface area contributed by atoms with Gasteiger partial charge in [0.1, 0.15) is 23.9 Å². The molecule has 9 heteroatoms. The summed E-state index contributed by atoms with van der Waals surface area (Å²) in [5.41, 5.74) is 3.14. The van der Waals surface area contributed by atoms with Crippen molar-refractivity contribution in [1.82, 2.24) is 15.5 Å². The molecule has 0 unspecified atom stereocenters. The Morgan fingerprint density at radius 1 is 1.05 bits per heavy atom. The van der Waals surface area contributed by atoms with Crippen LogP contribution in [0.1, 0.15) is 41.0 Å². The molecule has 1 saturated heterocycles. The molecule has 1 fully saturated rings. The molecule has 4 rings (SSSR count). The van der Waals surface area contributed by atoms with Gasteiger partial charge in [-0.25, -0.2) is 4.79 Å². The molecule has 9 nitrogen and oxygen atoms in total. The third kappa shape index (κ3) is 6.97. The molecule has 3 amide bonds. The van der Waals surface area contributed by atoms with Crippen molar-refractivity contribution >= 4 is 17.9 Å². The molecule has 3 aromatic rings. The summed E-state index contributed by atoms with van der Waals surface area (Å²) in [6.45, 7) is 0.481. The Hall–Kier alpha value is -4.84. The Bertz CT molecular complexity index is 1370. The fourth-order valence-electron chi connectivity index (χ4n) is 5.10. The number of carboxylic acid groups (broad SMARTS) is 1. The van der Waals surface area contributed by atoms with E-state index in [4.69, 9.17) is 4.74 Å². The van der Waals surface area contributed by atoms with Gasteiger partial charge in [-0.05, 0) is 48.1 Å². The third-order valence-corrected chi connectivity index (χ3v) is 7.17. The SMILES string of the molecule is COc1cc(CNC(=O)[C@@H]2C[C@H](c3ccccc3)CN2C(=O)[C@@H](CCc2ccccc2)NC(=O)O)ccc1C#N. The standard InChI is InChI=1S/C31H32N4O5/c1-40-28-16-22(12-14-24(28)18-32)19-33-29(36)27-17-25(23-10-6-3-7-11-23)20-35(27)30(37)26(34-31(38)39)15-13-21-8-4-2-5-9-21/h2-12,14,16,25-27,34H,13,15,17,19-20H2,1H3,(H,33,36)(H,38,39)/t25-,26+,27-/m0/s1. The van der Waals surface area contributed by atoms with Crippen molar-refractivity contribution in [3.05, 3.63) is 101 Å². The van der Waals surface area contributed by atoms with Gasteiger partial charge in [0.2, 0.25) is 11.8 Å². The van der Waals surface area contributed by atoms with Gasteiger partial charge in [0, 0.05) is 19.0 Å². The summed E-state index contributed by atoms with van der Waals surface area (Å²) in [7, 11) is 1.48. The van der Waals surface area contributed by atoms with E-state index in [1.807, 2.05) is 60.7 Å². The number of nitrogens with one attached hydrogen (secondary N) is 2. The van der Waals surface area contributed by atoms with E-state index in [0.717, 1.165) is 16.7 Å². The summed E-state index contributed by atoms with van der Waals surface area (Å²) in [6, 6.07) is 24.6. The lowest BCUT2D eigenvalue weighted by Gasteiger charge is -2.28. The number of carbonyl (C=O) groups excluding carboxylic acids is 2. The molecule has 1 aliphatic rings. The van der Waals surface area contributed by atoms with Gasteiger partial charge in [-0.3, -0.25) is 9.59 Å². The summed E-state index contributed by atoms with van der Waals surface area (Å²) >= 11 is 0. The number of ether oxygens (including phenoxy) is 1. The monoisotopic (exact) mass is 540 g/mol. The summed E-state index contributed by atoms with van der Waals surface area (Å²) < 4.78 is 5.26. The number of hydrogen-bond acceptors (Lipinski definition) is 5.